The maximum atomic E-state index is 14.7. The Morgan fingerprint density at radius 1 is 1.16 bits per heavy atom. The van der Waals surface area contributed by atoms with E-state index < -0.39 is 12.0 Å². The van der Waals surface area contributed by atoms with E-state index in [1.807, 2.05) is 32.0 Å². The summed E-state index contributed by atoms with van der Waals surface area (Å²) >= 11 is 0. The molecule has 19 heavy (non-hydrogen) atoms. The lowest BCUT2D eigenvalue weighted by Crippen LogP contribution is -2.27. The van der Waals surface area contributed by atoms with Crippen LogP contribution in [0.4, 0.5) is 4.39 Å². The third-order valence-electron chi connectivity index (χ3n) is 4.43. The number of rotatable bonds is 4. The van der Waals surface area contributed by atoms with Crippen molar-refractivity contribution in [2.24, 2.45) is 5.92 Å². The highest BCUT2D eigenvalue weighted by molar-refractivity contribution is 5.16. The molecule has 104 valence electrons. The van der Waals surface area contributed by atoms with Crippen molar-refractivity contribution >= 4 is 0 Å². The van der Waals surface area contributed by atoms with E-state index >= 15 is 0 Å². The number of hydrogen-bond donors (Lipinski definition) is 0. The Balaban J connectivity index is 1.53. The first-order chi connectivity index (χ1) is 9.09. The van der Waals surface area contributed by atoms with Gasteiger partial charge in [0.05, 0.1) is 12.2 Å². The molecule has 2 nitrogen and oxygen atoms in total. The second kappa shape index (κ2) is 4.88. The minimum absolute atomic E-state index is 0.00648. The zero-order chi connectivity index (χ0) is 13.5. The van der Waals surface area contributed by atoms with Crippen molar-refractivity contribution in [3.05, 3.63) is 35.9 Å². The molecule has 1 aromatic rings. The standard InChI is InChI=1S/C16H21FO2/c1-11-12(2)19-15(18-11)16(17)10-14(16)9-8-13-6-4-3-5-7-13/h3-7,11-12,14-15H,8-10H2,1-2H3/t11-,12-,14-,16-/m1/s1. The summed E-state index contributed by atoms with van der Waals surface area (Å²) in [6.45, 7) is 3.88. The molecular formula is C16H21FO2. The first kappa shape index (κ1) is 13.1. The summed E-state index contributed by atoms with van der Waals surface area (Å²) in [5, 5.41) is 0. The van der Waals surface area contributed by atoms with Gasteiger partial charge in [-0.25, -0.2) is 4.39 Å². The summed E-state index contributed by atoms with van der Waals surface area (Å²) in [6, 6.07) is 10.2. The molecule has 1 heterocycles. The molecule has 3 heteroatoms. The third kappa shape index (κ3) is 2.54. The van der Waals surface area contributed by atoms with E-state index in [4.69, 9.17) is 9.47 Å². The predicted octanol–water partition coefficient (Wildman–Crippen LogP) is 3.50. The van der Waals surface area contributed by atoms with Crippen molar-refractivity contribution in [3.63, 3.8) is 0 Å². The number of alkyl halides is 1. The van der Waals surface area contributed by atoms with E-state index in [0.717, 1.165) is 12.8 Å². The molecule has 0 bridgehead atoms. The summed E-state index contributed by atoms with van der Waals surface area (Å²) in [7, 11) is 0. The Morgan fingerprint density at radius 3 is 2.42 bits per heavy atom. The molecule has 4 atom stereocenters. The van der Waals surface area contributed by atoms with E-state index in [0.29, 0.717) is 6.42 Å². The largest absolute Gasteiger partial charge is 0.344 e. The van der Waals surface area contributed by atoms with Crippen LogP contribution in [0.3, 0.4) is 0 Å². The monoisotopic (exact) mass is 264 g/mol. The first-order valence-electron chi connectivity index (χ1n) is 7.13. The van der Waals surface area contributed by atoms with Crippen LogP contribution in [0, 0.1) is 5.92 Å². The molecule has 0 amide bonds. The van der Waals surface area contributed by atoms with Gasteiger partial charge in [0.2, 0.25) is 0 Å². The van der Waals surface area contributed by atoms with Crippen molar-refractivity contribution in [1.82, 2.24) is 0 Å². The SMILES string of the molecule is C[C@H]1OC([C@@]2(F)C[C@H]2CCc2ccccc2)O[C@@H]1C. The molecule has 1 aliphatic carbocycles. The van der Waals surface area contributed by atoms with Crippen molar-refractivity contribution in [2.75, 3.05) is 0 Å². The highest BCUT2D eigenvalue weighted by atomic mass is 19.1. The summed E-state index contributed by atoms with van der Waals surface area (Å²) in [5.41, 5.74) is 0.0140. The van der Waals surface area contributed by atoms with Gasteiger partial charge in [0.25, 0.3) is 0 Å². The van der Waals surface area contributed by atoms with Gasteiger partial charge in [-0.05, 0) is 38.7 Å². The van der Waals surface area contributed by atoms with Gasteiger partial charge in [0.15, 0.2) is 12.0 Å². The average molecular weight is 264 g/mol. The average Bonchev–Trinajstić information content (AvgIpc) is 2.96. The van der Waals surface area contributed by atoms with Gasteiger partial charge in [0, 0.05) is 5.92 Å². The minimum Gasteiger partial charge on any atom is -0.344 e. The molecule has 0 unspecified atom stereocenters. The van der Waals surface area contributed by atoms with Crippen LogP contribution in [-0.2, 0) is 15.9 Å². The van der Waals surface area contributed by atoms with Crippen molar-refractivity contribution in [2.45, 2.75) is 57.3 Å². The molecule has 0 N–H and O–H groups in total. The summed E-state index contributed by atoms with van der Waals surface area (Å²) in [6.07, 6.45) is 1.70. The quantitative estimate of drug-likeness (QED) is 0.828. The topological polar surface area (TPSA) is 18.5 Å². The van der Waals surface area contributed by atoms with Crippen LogP contribution in [0.15, 0.2) is 30.3 Å². The lowest BCUT2D eigenvalue weighted by atomic mass is 10.1. The zero-order valence-corrected chi connectivity index (χ0v) is 11.5. The minimum atomic E-state index is -1.26. The van der Waals surface area contributed by atoms with Crippen LogP contribution >= 0.6 is 0 Å². The molecule has 1 saturated heterocycles. The Kier molecular flexibility index (Phi) is 3.35. The van der Waals surface area contributed by atoms with E-state index in [2.05, 4.69) is 12.1 Å². The molecule has 1 aliphatic heterocycles. The maximum Gasteiger partial charge on any atom is 0.192 e. The number of ether oxygens (including phenoxy) is 2. The molecule has 1 saturated carbocycles. The molecule has 0 spiro atoms. The number of halogens is 1. The van der Waals surface area contributed by atoms with Crippen LogP contribution in [0.2, 0.25) is 0 Å². The fraction of sp³-hybridized carbons (Fsp3) is 0.625. The van der Waals surface area contributed by atoms with Gasteiger partial charge in [-0.1, -0.05) is 30.3 Å². The van der Waals surface area contributed by atoms with Crippen LogP contribution in [0.5, 0.6) is 0 Å². The normalized spacial score (nSPS) is 38.6. The fourth-order valence-corrected chi connectivity index (χ4v) is 2.80. The van der Waals surface area contributed by atoms with Gasteiger partial charge in [0.1, 0.15) is 0 Å². The van der Waals surface area contributed by atoms with Crippen molar-refractivity contribution in [3.8, 4) is 0 Å². The van der Waals surface area contributed by atoms with E-state index in [-0.39, 0.29) is 18.1 Å². The second-order valence-electron chi connectivity index (χ2n) is 5.87. The smallest absolute Gasteiger partial charge is 0.192 e. The molecule has 3 rings (SSSR count). The zero-order valence-electron chi connectivity index (χ0n) is 11.5. The number of aryl methyl sites for hydroxylation is 1. The van der Waals surface area contributed by atoms with Gasteiger partial charge in [-0.2, -0.15) is 0 Å². The molecule has 2 aliphatic rings. The maximum absolute atomic E-state index is 14.7. The highest BCUT2D eigenvalue weighted by Crippen LogP contribution is 2.55. The van der Waals surface area contributed by atoms with E-state index in [1.54, 1.807) is 0 Å². The Bertz CT molecular complexity index is 426. The lowest BCUT2D eigenvalue weighted by Gasteiger charge is -2.15. The van der Waals surface area contributed by atoms with Gasteiger partial charge >= 0.3 is 0 Å². The van der Waals surface area contributed by atoms with Crippen molar-refractivity contribution < 1.29 is 13.9 Å². The predicted molar refractivity (Wildman–Crippen MR) is 71.6 cm³/mol. The Hall–Kier alpha value is -0.930. The molecule has 2 fully saturated rings. The highest BCUT2D eigenvalue weighted by Gasteiger charge is 2.63. The number of benzene rings is 1. The van der Waals surface area contributed by atoms with Gasteiger partial charge < -0.3 is 9.47 Å². The summed E-state index contributed by atoms with van der Waals surface area (Å²) < 4.78 is 25.8. The van der Waals surface area contributed by atoms with E-state index in [1.165, 1.54) is 5.56 Å². The Labute approximate surface area is 113 Å². The molecule has 1 aromatic carbocycles. The summed E-state index contributed by atoms with van der Waals surface area (Å²) in [4.78, 5) is 0. The number of hydrogen-bond acceptors (Lipinski definition) is 2. The molecule has 0 radical (unpaired) electrons. The van der Waals surface area contributed by atoms with Gasteiger partial charge in [-0.3, -0.25) is 0 Å². The lowest BCUT2D eigenvalue weighted by molar-refractivity contribution is -0.125. The van der Waals surface area contributed by atoms with Crippen LogP contribution < -0.4 is 0 Å². The van der Waals surface area contributed by atoms with Crippen LogP contribution in [-0.4, -0.2) is 24.2 Å². The fourth-order valence-electron chi connectivity index (χ4n) is 2.80. The molecular weight excluding hydrogens is 243 g/mol. The molecule has 0 aromatic heterocycles. The second-order valence-corrected chi connectivity index (χ2v) is 5.87. The van der Waals surface area contributed by atoms with Gasteiger partial charge in [-0.15, -0.1) is 0 Å². The summed E-state index contributed by atoms with van der Waals surface area (Å²) in [5.74, 6) is 0.0789. The van der Waals surface area contributed by atoms with Crippen LogP contribution in [0.25, 0.3) is 0 Å². The first-order valence-corrected chi connectivity index (χ1v) is 7.13. The third-order valence-corrected chi connectivity index (χ3v) is 4.43. The van der Waals surface area contributed by atoms with Crippen molar-refractivity contribution in [1.29, 1.82) is 0 Å². The van der Waals surface area contributed by atoms with Crippen LogP contribution in [0.1, 0.15) is 32.3 Å². The van der Waals surface area contributed by atoms with E-state index in [9.17, 15) is 4.39 Å². The Morgan fingerprint density at radius 2 is 1.79 bits per heavy atom.